The molecule has 5 nitrogen and oxygen atoms in total. The summed E-state index contributed by atoms with van der Waals surface area (Å²) >= 11 is 0. The van der Waals surface area contributed by atoms with Crippen LogP contribution >= 0.6 is 0 Å². The van der Waals surface area contributed by atoms with Crippen LogP contribution in [0.15, 0.2) is 23.3 Å². The zero-order valence-corrected chi connectivity index (χ0v) is 10.4. The van der Waals surface area contributed by atoms with Crippen molar-refractivity contribution in [1.82, 2.24) is 4.90 Å². The largest absolute Gasteiger partial charge is 0.454 e. The summed E-state index contributed by atoms with van der Waals surface area (Å²) in [5, 5.41) is 0. The summed E-state index contributed by atoms with van der Waals surface area (Å²) in [6.07, 6.45) is 3.72. The summed E-state index contributed by atoms with van der Waals surface area (Å²) in [5.74, 6) is -0.354. The van der Waals surface area contributed by atoms with Crippen LogP contribution in [0.25, 0.3) is 0 Å². The van der Waals surface area contributed by atoms with Crippen LogP contribution in [0.2, 0.25) is 0 Å². The molecule has 1 saturated heterocycles. The van der Waals surface area contributed by atoms with Crippen molar-refractivity contribution in [2.75, 3.05) is 6.54 Å². The van der Waals surface area contributed by atoms with Crippen LogP contribution in [-0.2, 0) is 14.3 Å². The van der Waals surface area contributed by atoms with E-state index in [1.807, 2.05) is 13.0 Å². The van der Waals surface area contributed by atoms with Crippen LogP contribution in [-0.4, -0.2) is 41.8 Å². The number of esters is 1. The molecule has 0 spiro atoms. The van der Waals surface area contributed by atoms with Gasteiger partial charge in [0.15, 0.2) is 12.2 Å². The molecule has 1 amide bonds. The number of hydrogen-bond donors (Lipinski definition) is 0. The summed E-state index contributed by atoms with van der Waals surface area (Å²) in [6.45, 7) is 3.96. The quantitative estimate of drug-likeness (QED) is 0.659. The lowest BCUT2D eigenvalue weighted by atomic mass is 10.0. The Balaban J connectivity index is 2.02. The highest BCUT2D eigenvalue weighted by Gasteiger charge is 2.56. The van der Waals surface area contributed by atoms with E-state index in [1.165, 1.54) is 6.92 Å². The lowest BCUT2D eigenvalue weighted by molar-refractivity contribution is -0.147. The maximum Gasteiger partial charge on any atom is 0.410 e. The van der Waals surface area contributed by atoms with Gasteiger partial charge in [0, 0.05) is 13.5 Å². The maximum atomic E-state index is 11.7. The van der Waals surface area contributed by atoms with Gasteiger partial charge in [0.05, 0.1) is 0 Å². The molecule has 2 heterocycles. The van der Waals surface area contributed by atoms with E-state index < -0.39 is 6.10 Å². The standard InChI is InChI=1S/C13H15NO4/c1-3-8-9-5-4-6-14-10(9)12(18-13(14)16)11(8)17-7(2)15/h3,5,10-12H,4,6H2,1-2H3/b8-3-/t10-,11-,12-/m0/s1. The Hall–Kier alpha value is -1.78. The average molecular weight is 249 g/mol. The zero-order chi connectivity index (χ0) is 12.9. The number of carbonyl (C=O) groups excluding carboxylic acids is 2. The molecule has 1 saturated carbocycles. The molecule has 0 N–H and O–H groups in total. The van der Waals surface area contributed by atoms with Crippen LogP contribution in [0.4, 0.5) is 4.79 Å². The lowest BCUT2D eigenvalue weighted by Gasteiger charge is -2.25. The average Bonchev–Trinajstić information content (AvgIpc) is 2.80. The van der Waals surface area contributed by atoms with E-state index in [2.05, 4.69) is 6.08 Å². The SMILES string of the molecule is C/C=C1/C2=CCCN3C(=O)O[C@H]([C@H]1OC(C)=O)[C@H]23. The lowest BCUT2D eigenvalue weighted by Crippen LogP contribution is -2.39. The summed E-state index contributed by atoms with van der Waals surface area (Å²) < 4.78 is 10.7. The summed E-state index contributed by atoms with van der Waals surface area (Å²) in [7, 11) is 0. The Bertz CT molecular complexity index is 479. The Morgan fingerprint density at radius 3 is 3.06 bits per heavy atom. The second-order valence-corrected chi connectivity index (χ2v) is 4.71. The topological polar surface area (TPSA) is 55.8 Å². The summed E-state index contributed by atoms with van der Waals surface area (Å²) in [6, 6.07) is -0.0817. The number of rotatable bonds is 1. The normalized spacial score (nSPS) is 35.3. The van der Waals surface area contributed by atoms with Gasteiger partial charge in [-0.3, -0.25) is 9.69 Å². The Morgan fingerprint density at radius 1 is 1.61 bits per heavy atom. The Labute approximate surface area is 105 Å². The number of nitrogens with zero attached hydrogens (tertiary/aromatic N) is 1. The van der Waals surface area contributed by atoms with Crippen LogP contribution in [0.1, 0.15) is 20.3 Å². The molecular weight excluding hydrogens is 234 g/mol. The number of carbonyl (C=O) groups is 2. The third-order valence-corrected chi connectivity index (χ3v) is 3.71. The highest BCUT2D eigenvalue weighted by Crippen LogP contribution is 2.44. The fourth-order valence-electron chi connectivity index (χ4n) is 3.09. The number of allylic oxidation sites excluding steroid dienone is 1. The molecule has 3 rings (SSSR count). The van der Waals surface area contributed by atoms with Crippen molar-refractivity contribution in [1.29, 1.82) is 0 Å². The van der Waals surface area contributed by atoms with Crippen molar-refractivity contribution in [3.05, 3.63) is 23.3 Å². The van der Waals surface area contributed by atoms with Crippen molar-refractivity contribution in [2.45, 2.75) is 38.5 Å². The summed E-state index contributed by atoms with van der Waals surface area (Å²) in [5.41, 5.74) is 2.04. The second-order valence-electron chi connectivity index (χ2n) is 4.71. The molecule has 5 heteroatoms. The van der Waals surface area contributed by atoms with Gasteiger partial charge in [-0.05, 0) is 24.5 Å². The zero-order valence-electron chi connectivity index (χ0n) is 10.4. The second kappa shape index (κ2) is 3.86. The first-order chi connectivity index (χ1) is 8.63. The Kier molecular flexibility index (Phi) is 2.43. The van der Waals surface area contributed by atoms with Crippen molar-refractivity contribution in [2.24, 2.45) is 0 Å². The van der Waals surface area contributed by atoms with Gasteiger partial charge in [0.1, 0.15) is 6.04 Å². The third kappa shape index (κ3) is 1.39. The molecule has 0 bridgehead atoms. The highest BCUT2D eigenvalue weighted by atomic mass is 16.6. The third-order valence-electron chi connectivity index (χ3n) is 3.71. The molecule has 0 aromatic rings. The number of ether oxygens (including phenoxy) is 2. The van der Waals surface area contributed by atoms with Crippen LogP contribution in [0.5, 0.6) is 0 Å². The molecule has 0 unspecified atom stereocenters. The predicted molar refractivity (Wildman–Crippen MR) is 62.8 cm³/mol. The minimum absolute atomic E-state index is 0.0817. The molecule has 0 radical (unpaired) electrons. The first kappa shape index (κ1) is 11.3. The minimum atomic E-state index is -0.462. The molecule has 3 aliphatic rings. The van der Waals surface area contributed by atoms with E-state index in [-0.39, 0.29) is 24.2 Å². The van der Waals surface area contributed by atoms with Gasteiger partial charge in [-0.1, -0.05) is 12.2 Å². The molecular formula is C13H15NO4. The van der Waals surface area contributed by atoms with E-state index in [4.69, 9.17) is 9.47 Å². The van der Waals surface area contributed by atoms with Crippen LogP contribution in [0, 0.1) is 0 Å². The Morgan fingerprint density at radius 2 is 2.39 bits per heavy atom. The van der Waals surface area contributed by atoms with Gasteiger partial charge in [0.2, 0.25) is 0 Å². The number of hydrogen-bond acceptors (Lipinski definition) is 4. The molecule has 18 heavy (non-hydrogen) atoms. The molecule has 0 aromatic carbocycles. The van der Waals surface area contributed by atoms with E-state index in [0.717, 1.165) is 17.6 Å². The smallest absolute Gasteiger partial charge is 0.410 e. The van der Waals surface area contributed by atoms with Gasteiger partial charge in [0.25, 0.3) is 0 Å². The van der Waals surface area contributed by atoms with Crippen LogP contribution < -0.4 is 0 Å². The van der Waals surface area contributed by atoms with Gasteiger partial charge >= 0.3 is 12.1 Å². The molecule has 3 atom stereocenters. The molecule has 96 valence electrons. The first-order valence-corrected chi connectivity index (χ1v) is 6.14. The monoisotopic (exact) mass is 249 g/mol. The van der Waals surface area contributed by atoms with E-state index in [9.17, 15) is 9.59 Å². The molecule has 0 aromatic heterocycles. The fourth-order valence-corrected chi connectivity index (χ4v) is 3.09. The first-order valence-electron chi connectivity index (χ1n) is 6.14. The fraction of sp³-hybridized carbons (Fsp3) is 0.538. The molecule has 1 aliphatic carbocycles. The van der Waals surface area contributed by atoms with Crippen molar-refractivity contribution in [3.8, 4) is 0 Å². The van der Waals surface area contributed by atoms with Crippen molar-refractivity contribution < 1.29 is 19.1 Å². The van der Waals surface area contributed by atoms with Crippen molar-refractivity contribution in [3.63, 3.8) is 0 Å². The van der Waals surface area contributed by atoms with E-state index in [1.54, 1.807) is 4.90 Å². The number of amides is 1. The van der Waals surface area contributed by atoms with Crippen molar-refractivity contribution >= 4 is 12.1 Å². The molecule has 2 fully saturated rings. The van der Waals surface area contributed by atoms with Gasteiger partial charge in [-0.2, -0.15) is 0 Å². The highest BCUT2D eigenvalue weighted by molar-refractivity contribution is 5.75. The predicted octanol–water partition coefficient (Wildman–Crippen LogP) is 1.40. The van der Waals surface area contributed by atoms with Crippen LogP contribution in [0.3, 0.4) is 0 Å². The van der Waals surface area contributed by atoms with E-state index >= 15 is 0 Å². The summed E-state index contributed by atoms with van der Waals surface area (Å²) in [4.78, 5) is 24.7. The van der Waals surface area contributed by atoms with Gasteiger partial charge in [-0.15, -0.1) is 0 Å². The van der Waals surface area contributed by atoms with Gasteiger partial charge < -0.3 is 9.47 Å². The van der Waals surface area contributed by atoms with E-state index in [0.29, 0.717) is 6.54 Å². The van der Waals surface area contributed by atoms with Gasteiger partial charge in [-0.25, -0.2) is 4.79 Å². The molecule has 2 aliphatic heterocycles. The minimum Gasteiger partial charge on any atom is -0.454 e. The maximum absolute atomic E-state index is 11.7.